The van der Waals surface area contributed by atoms with Crippen LogP contribution in [0.2, 0.25) is 0 Å². The summed E-state index contributed by atoms with van der Waals surface area (Å²) in [5.41, 5.74) is 0.570. The number of carbonyl (C=O) groups excluding carboxylic acids is 3. The molecule has 188 valence electrons. The maximum atomic E-state index is 13.2. The number of ether oxygens (including phenoxy) is 2. The molecule has 1 aliphatic heterocycles. The van der Waals surface area contributed by atoms with Crippen LogP contribution >= 0.6 is 0 Å². The number of ketones is 1. The van der Waals surface area contributed by atoms with E-state index in [-0.39, 0.29) is 30.3 Å². The van der Waals surface area contributed by atoms with Gasteiger partial charge in [0.05, 0.1) is 20.1 Å². The summed E-state index contributed by atoms with van der Waals surface area (Å²) in [6, 6.07) is 11.5. The monoisotopic (exact) mass is 495 g/mol. The van der Waals surface area contributed by atoms with Gasteiger partial charge in [-0.2, -0.15) is 0 Å². The molecule has 3 atom stereocenters. The number of hydrogen-bond donors (Lipinski definition) is 2. The first-order chi connectivity index (χ1) is 17.3. The zero-order valence-corrected chi connectivity index (χ0v) is 19.7. The molecule has 1 aliphatic rings. The van der Waals surface area contributed by atoms with Gasteiger partial charge in [-0.3, -0.25) is 19.2 Å². The van der Waals surface area contributed by atoms with E-state index in [2.05, 4.69) is 10.3 Å². The first-order valence-electron chi connectivity index (χ1n) is 11.3. The molecule has 1 aromatic heterocycles. The summed E-state index contributed by atoms with van der Waals surface area (Å²) in [5, 5.41) is 11.8. The van der Waals surface area contributed by atoms with E-state index in [9.17, 15) is 24.3 Å². The quantitative estimate of drug-likeness (QED) is 0.425. The number of fused-ring (bicyclic) bond motifs is 1. The molecular formula is C25H25N3O8. The lowest BCUT2D eigenvalue weighted by atomic mass is 10.1. The lowest BCUT2D eigenvalue weighted by Crippen LogP contribution is -2.51. The Morgan fingerprint density at radius 3 is 2.58 bits per heavy atom. The summed E-state index contributed by atoms with van der Waals surface area (Å²) in [6.45, 7) is 1.50. The number of carbonyl (C=O) groups is 4. The number of nitrogens with one attached hydrogen (secondary N) is 1. The van der Waals surface area contributed by atoms with E-state index in [1.165, 1.54) is 18.9 Å². The minimum absolute atomic E-state index is 0.171. The number of aliphatic carboxylic acids is 1. The van der Waals surface area contributed by atoms with E-state index in [1.54, 1.807) is 42.5 Å². The zero-order valence-electron chi connectivity index (χ0n) is 19.7. The molecule has 2 amide bonds. The van der Waals surface area contributed by atoms with Crippen molar-refractivity contribution in [1.82, 2.24) is 15.2 Å². The zero-order chi connectivity index (χ0) is 25.8. The molecule has 4 rings (SSSR count). The van der Waals surface area contributed by atoms with Gasteiger partial charge in [-0.25, -0.2) is 4.98 Å². The Balaban J connectivity index is 1.53. The van der Waals surface area contributed by atoms with Gasteiger partial charge in [0.1, 0.15) is 29.5 Å². The molecule has 0 saturated carbocycles. The van der Waals surface area contributed by atoms with Gasteiger partial charge in [-0.15, -0.1) is 0 Å². The predicted octanol–water partition coefficient (Wildman–Crippen LogP) is 2.05. The van der Waals surface area contributed by atoms with Crippen molar-refractivity contribution in [3.8, 4) is 11.5 Å². The Hall–Kier alpha value is -4.41. The number of carboxylic acid groups (broad SMARTS) is 1. The molecular weight excluding hydrogens is 470 g/mol. The highest BCUT2D eigenvalue weighted by Gasteiger charge is 2.41. The highest BCUT2D eigenvalue weighted by atomic mass is 16.5. The van der Waals surface area contributed by atoms with E-state index in [1.807, 2.05) is 6.07 Å². The van der Waals surface area contributed by atoms with Crippen LogP contribution in [-0.2, 0) is 14.4 Å². The molecule has 36 heavy (non-hydrogen) atoms. The Bertz CT molecular complexity index is 1290. The average molecular weight is 495 g/mol. The molecule has 1 saturated heterocycles. The highest BCUT2D eigenvalue weighted by molar-refractivity contribution is 6.02. The van der Waals surface area contributed by atoms with Crippen molar-refractivity contribution in [2.45, 2.75) is 38.0 Å². The first kappa shape index (κ1) is 24.7. The molecule has 11 heteroatoms. The summed E-state index contributed by atoms with van der Waals surface area (Å²) < 4.78 is 16.7. The number of oxazole rings is 1. The molecule has 0 radical (unpaired) electrons. The molecule has 3 aromatic rings. The van der Waals surface area contributed by atoms with Crippen LogP contribution in [0.25, 0.3) is 11.1 Å². The van der Waals surface area contributed by atoms with Crippen molar-refractivity contribution in [1.29, 1.82) is 0 Å². The second-order valence-electron chi connectivity index (χ2n) is 8.33. The van der Waals surface area contributed by atoms with Crippen LogP contribution in [-0.4, -0.2) is 70.4 Å². The fourth-order valence-corrected chi connectivity index (χ4v) is 4.16. The van der Waals surface area contributed by atoms with Gasteiger partial charge in [0.25, 0.3) is 5.89 Å². The lowest BCUT2D eigenvalue weighted by molar-refractivity contribution is -0.139. The predicted molar refractivity (Wildman–Crippen MR) is 126 cm³/mol. The molecule has 0 unspecified atom stereocenters. The number of methoxy groups -OCH3 is 1. The third-order valence-electron chi connectivity index (χ3n) is 5.84. The van der Waals surface area contributed by atoms with Gasteiger partial charge < -0.3 is 29.2 Å². The summed E-state index contributed by atoms with van der Waals surface area (Å²) in [6.07, 6.45) is -0.976. The van der Waals surface area contributed by atoms with Gasteiger partial charge in [0.15, 0.2) is 11.3 Å². The maximum Gasteiger partial charge on any atom is 0.305 e. The van der Waals surface area contributed by atoms with Gasteiger partial charge in [-0.05, 0) is 24.3 Å². The molecule has 1 fully saturated rings. The van der Waals surface area contributed by atoms with Crippen LogP contribution in [0.15, 0.2) is 52.9 Å². The number of carboxylic acids is 1. The Morgan fingerprint density at radius 1 is 1.17 bits per heavy atom. The van der Waals surface area contributed by atoms with E-state index < -0.39 is 42.3 Å². The van der Waals surface area contributed by atoms with Crippen molar-refractivity contribution in [2.24, 2.45) is 0 Å². The number of aromatic nitrogens is 1. The molecule has 0 spiro atoms. The summed E-state index contributed by atoms with van der Waals surface area (Å²) in [4.78, 5) is 55.5. The molecule has 2 N–H and O–H groups in total. The van der Waals surface area contributed by atoms with Gasteiger partial charge >= 0.3 is 5.97 Å². The van der Waals surface area contributed by atoms with Crippen LogP contribution in [0.1, 0.15) is 30.5 Å². The van der Waals surface area contributed by atoms with Crippen LogP contribution < -0.4 is 14.8 Å². The standard InChI is InChI=1S/C25H25N3O8/c1-14(29)28-13-16(35-15-7-4-3-5-8-15)11-19(28)24(33)26-18(12-21(30)31)22(32)25-27-17-9-6-10-20(34-2)23(17)36-25/h3-10,16,18-19H,11-13H2,1-2H3,(H,26,33)(H,30,31)/t16-,18+,19+/m1/s1. The van der Waals surface area contributed by atoms with Crippen LogP contribution in [0.3, 0.4) is 0 Å². The number of hydrogen-bond acceptors (Lipinski definition) is 8. The van der Waals surface area contributed by atoms with Crippen LogP contribution in [0, 0.1) is 0 Å². The first-order valence-corrected chi connectivity index (χ1v) is 11.3. The summed E-state index contributed by atoms with van der Waals surface area (Å²) in [5.74, 6) is -2.54. The SMILES string of the molecule is COc1cccc2nc(C(=O)[C@H](CC(=O)O)NC(=O)[C@@H]3C[C@@H](Oc4ccccc4)CN3C(C)=O)oc12. The molecule has 2 aromatic carbocycles. The number of likely N-dealkylation sites (tertiary alicyclic amines) is 1. The van der Waals surface area contributed by atoms with E-state index in [0.717, 1.165) is 0 Å². The van der Waals surface area contributed by atoms with Crippen molar-refractivity contribution < 1.29 is 38.2 Å². The lowest BCUT2D eigenvalue weighted by Gasteiger charge is -2.24. The van der Waals surface area contributed by atoms with E-state index in [0.29, 0.717) is 17.0 Å². The third kappa shape index (κ3) is 5.29. The summed E-state index contributed by atoms with van der Waals surface area (Å²) in [7, 11) is 1.43. The number of nitrogens with zero attached hydrogens (tertiary/aromatic N) is 2. The Morgan fingerprint density at radius 2 is 1.92 bits per heavy atom. The Kier molecular flexibility index (Phi) is 7.18. The third-order valence-corrected chi connectivity index (χ3v) is 5.84. The molecule has 11 nitrogen and oxygen atoms in total. The van der Waals surface area contributed by atoms with Gasteiger partial charge in [0, 0.05) is 13.3 Å². The smallest absolute Gasteiger partial charge is 0.305 e. The van der Waals surface area contributed by atoms with Crippen molar-refractivity contribution in [2.75, 3.05) is 13.7 Å². The molecule has 2 heterocycles. The largest absolute Gasteiger partial charge is 0.493 e. The fraction of sp³-hybridized carbons (Fsp3) is 0.320. The van der Waals surface area contributed by atoms with E-state index >= 15 is 0 Å². The van der Waals surface area contributed by atoms with Gasteiger partial charge in [-0.1, -0.05) is 24.3 Å². The second kappa shape index (κ2) is 10.5. The van der Waals surface area contributed by atoms with Gasteiger partial charge in [0.2, 0.25) is 17.6 Å². The van der Waals surface area contributed by atoms with Crippen LogP contribution in [0.5, 0.6) is 11.5 Å². The van der Waals surface area contributed by atoms with Crippen molar-refractivity contribution in [3.05, 3.63) is 54.4 Å². The average Bonchev–Trinajstić information content (AvgIpc) is 3.48. The Labute approximate surface area is 206 Å². The van der Waals surface area contributed by atoms with Crippen molar-refractivity contribution in [3.63, 3.8) is 0 Å². The maximum absolute atomic E-state index is 13.2. The minimum atomic E-state index is -1.46. The van der Waals surface area contributed by atoms with E-state index in [4.69, 9.17) is 13.9 Å². The van der Waals surface area contributed by atoms with Crippen molar-refractivity contribution >= 4 is 34.7 Å². The fourth-order valence-electron chi connectivity index (χ4n) is 4.16. The minimum Gasteiger partial charge on any atom is -0.493 e. The number of rotatable bonds is 9. The topological polar surface area (TPSA) is 148 Å². The second-order valence-corrected chi connectivity index (χ2v) is 8.33. The number of para-hydroxylation sites is 2. The molecule has 0 aliphatic carbocycles. The van der Waals surface area contributed by atoms with Crippen LogP contribution in [0.4, 0.5) is 0 Å². The normalized spacial score (nSPS) is 18.0. The number of Topliss-reactive ketones (excluding diaryl/α,β-unsaturated/α-hetero) is 1. The number of amides is 2. The molecule has 0 bridgehead atoms. The number of benzene rings is 2. The summed E-state index contributed by atoms with van der Waals surface area (Å²) >= 11 is 0. The highest BCUT2D eigenvalue weighted by Crippen LogP contribution is 2.27.